The van der Waals surface area contributed by atoms with Crippen molar-refractivity contribution >= 4 is 23.2 Å². The monoisotopic (exact) mass is 412 g/mol. The Hall–Kier alpha value is -2.76. The minimum Gasteiger partial charge on any atom is -0.207 e. The number of rotatable bonds is 5. The fraction of sp³-hybridized carbons (Fsp3) is 0.143. The zero-order chi connectivity index (χ0) is 21.1. The van der Waals surface area contributed by atoms with Crippen molar-refractivity contribution < 1.29 is 4.39 Å². The first-order chi connectivity index (χ1) is 14.5. The molecule has 0 fully saturated rings. The van der Waals surface area contributed by atoms with E-state index in [1.807, 2.05) is 12.1 Å². The lowest BCUT2D eigenvalue weighted by molar-refractivity contribution is 0.617. The summed E-state index contributed by atoms with van der Waals surface area (Å²) in [6.45, 7) is 6.55. The van der Waals surface area contributed by atoms with Crippen molar-refractivity contribution in [3.63, 3.8) is 0 Å². The van der Waals surface area contributed by atoms with Gasteiger partial charge < -0.3 is 0 Å². The summed E-state index contributed by atoms with van der Waals surface area (Å²) in [7, 11) is -2.15. The van der Waals surface area contributed by atoms with E-state index in [0.29, 0.717) is 6.16 Å². The van der Waals surface area contributed by atoms with E-state index in [4.69, 9.17) is 0 Å². The van der Waals surface area contributed by atoms with Crippen molar-refractivity contribution in [2.75, 3.05) is 0 Å². The van der Waals surface area contributed by atoms with Gasteiger partial charge in [-0.15, -0.1) is 0 Å². The van der Waals surface area contributed by atoms with Crippen molar-refractivity contribution in [2.45, 2.75) is 26.9 Å². The van der Waals surface area contributed by atoms with Crippen LogP contribution in [0.2, 0.25) is 0 Å². The third-order valence-corrected chi connectivity index (χ3v) is 10.7. The van der Waals surface area contributed by atoms with Crippen molar-refractivity contribution in [3.8, 4) is 0 Å². The van der Waals surface area contributed by atoms with Gasteiger partial charge in [-0.3, -0.25) is 0 Å². The van der Waals surface area contributed by atoms with Gasteiger partial charge in [0, 0.05) is 5.56 Å². The van der Waals surface area contributed by atoms with E-state index < -0.39 is 7.26 Å². The first kappa shape index (κ1) is 20.5. The molecule has 150 valence electrons. The molecule has 0 radical (unpaired) electrons. The molecule has 0 nitrogen and oxygen atoms in total. The molecule has 30 heavy (non-hydrogen) atoms. The lowest BCUT2D eigenvalue weighted by Crippen LogP contribution is -2.36. The largest absolute Gasteiger partial charge is 0.207 e. The van der Waals surface area contributed by atoms with Crippen LogP contribution >= 0.6 is 7.26 Å². The van der Waals surface area contributed by atoms with Crippen LogP contribution in [0.25, 0.3) is 0 Å². The Morgan fingerprint density at radius 2 is 0.900 bits per heavy atom. The van der Waals surface area contributed by atoms with Crippen molar-refractivity contribution in [3.05, 3.63) is 125 Å². The second kappa shape index (κ2) is 8.54. The first-order valence-electron chi connectivity index (χ1n) is 10.3. The summed E-state index contributed by atoms with van der Waals surface area (Å²) in [5.74, 6) is -0.127. The molecule has 0 atom stereocenters. The van der Waals surface area contributed by atoms with Crippen LogP contribution in [0, 0.1) is 26.6 Å². The predicted molar refractivity (Wildman–Crippen MR) is 129 cm³/mol. The van der Waals surface area contributed by atoms with E-state index in [2.05, 4.69) is 93.6 Å². The maximum Gasteiger partial charge on any atom is 0.130 e. The molecule has 0 N–H and O–H groups in total. The Morgan fingerprint density at radius 3 is 1.30 bits per heavy atom. The summed E-state index contributed by atoms with van der Waals surface area (Å²) in [6, 6.07) is 33.2. The molecule has 0 spiro atoms. The lowest BCUT2D eigenvalue weighted by atomic mass is 10.2. The van der Waals surface area contributed by atoms with E-state index in [9.17, 15) is 4.39 Å². The van der Waals surface area contributed by atoms with Crippen LogP contribution < -0.4 is 15.9 Å². The Labute approximate surface area is 179 Å². The van der Waals surface area contributed by atoms with E-state index in [1.54, 1.807) is 12.1 Å². The summed E-state index contributed by atoms with van der Waals surface area (Å²) in [5, 5.41) is 3.99. The van der Waals surface area contributed by atoms with E-state index in [0.717, 1.165) is 5.56 Å². The van der Waals surface area contributed by atoms with Crippen LogP contribution in [0.3, 0.4) is 0 Å². The van der Waals surface area contributed by atoms with Gasteiger partial charge in [0.2, 0.25) is 0 Å². The Kier molecular flexibility index (Phi) is 5.84. The molecule has 0 aliphatic carbocycles. The molecular formula is C28H27FP+. The highest BCUT2D eigenvalue weighted by Gasteiger charge is 2.48. The van der Waals surface area contributed by atoms with Crippen molar-refractivity contribution in [1.29, 1.82) is 0 Å². The SMILES string of the molecule is Cc1ccccc1[P+](Cc1ccccc1[18F])(c1ccccc1C)c1ccccc1C. The molecule has 0 amide bonds. The van der Waals surface area contributed by atoms with Gasteiger partial charge in [-0.05, 0) is 61.7 Å². The minimum absolute atomic E-state index is 0.127. The van der Waals surface area contributed by atoms with Crippen molar-refractivity contribution in [1.82, 2.24) is 0 Å². The van der Waals surface area contributed by atoms with Gasteiger partial charge in [-0.2, -0.15) is 0 Å². The quantitative estimate of drug-likeness (QED) is 0.340. The highest BCUT2D eigenvalue weighted by Crippen LogP contribution is 2.60. The summed E-state index contributed by atoms with van der Waals surface area (Å²) in [4.78, 5) is 0. The van der Waals surface area contributed by atoms with Crippen LogP contribution in [-0.4, -0.2) is 0 Å². The van der Waals surface area contributed by atoms with Crippen LogP contribution in [0.1, 0.15) is 22.3 Å². The molecule has 0 aliphatic rings. The Balaban J connectivity index is 2.14. The van der Waals surface area contributed by atoms with Crippen LogP contribution in [0.4, 0.5) is 4.39 Å². The van der Waals surface area contributed by atoms with Crippen LogP contribution in [0.5, 0.6) is 0 Å². The Bertz CT molecular complexity index is 1070. The average molecular weight is 412 g/mol. The highest BCUT2D eigenvalue weighted by molar-refractivity contribution is 7.95. The van der Waals surface area contributed by atoms with Crippen molar-refractivity contribution in [2.24, 2.45) is 0 Å². The summed E-state index contributed by atoms with van der Waals surface area (Å²) < 4.78 is 15.0. The predicted octanol–water partition coefficient (Wildman–Crippen LogP) is 6.25. The number of benzene rings is 4. The number of hydrogen-bond acceptors (Lipinski definition) is 0. The molecule has 4 aromatic carbocycles. The maximum absolute atomic E-state index is 15.0. The molecule has 0 bridgehead atoms. The van der Waals surface area contributed by atoms with E-state index in [1.165, 1.54) is 32.6 Å². The van der Waals surface area contributed by atoms with Gasteiger partial charge in [-0.1, -0.05) is 72.8 Å². The molecule has 4 aromatic rings. The number of aryl methyl sites for hydroxylation is 3. The van der Waals surface area contributed by atoms with Crippen LogP contribution in [-0.2, 0) is 6.16 Å². The van der Waals surface area contributed by atoms with Gasteiger partial charge in [0.25, 0.3) is 0 Å². The van der Waals surface area contributed by atoms with E-state index in [-0.39, 0.29) is 5.82 Å². The first-order valence-corrected chi connectivity index (χ1v) is 12.3. The Morgan fingerprint density at radius 1 is 0.533 bits per heavy atom. The summed E-state index contributed by atoms with van der Waals surface area (Å²) in [6.07, 6.45) is 0.667. The smallest absolute Gasteiger partial charge is 0.130 e. The normalized spacial score (nSPS) is 11.5. The second-order valence-corrected chi connectivity index (χ2v) is 11.3. The molecule has 0 saturated carbocycles. The summed E-state index contributed by atoms with van der Waals surface area (Å²) >= 11 is 0. The second-order valence-electron chi connectivity index (χ2n) is 7.92. The number of hydrogen-bond donors (Lipinski definition) is 0. The highest BCUT2D eigenvalue weighted by atomic mass is 31.2. The molecule has 0 aliphatic heterocycles. The molecule has 2 heteroatoms. The summed E-state index contributed by atoms with van der Waals surface area (Å²) in [5.41, 5.74) is 4.55. The molecule has 0 saturated heterocycles. The van der Waals surface area contributed by atoms with E-state index >= 15 is 0 Å². The lowest BCUT2D eigenvalue weighted by Gasteiger charge is -2.31. The van der Waals surface area contributed by atoms with Gasteiger partial charge in [0.15, 0.2) is 0 Å². The van der Waals surface area contributed by atoms with Gasteiger partial charge in [0.1, 0.15) is 35.2 Å². The third-order valence-electron chi connectivity index (χ3n) is 5.95. The molecule has 0 unspecified atom stereocenters. The topological polar surface area (TPSA) is 0 Å². The molecule has 0 aromatic heterocycles. The molecule has 0 heterocycles. The van der Waals surface area contributed by atoms with Gasteiger partial charge in [-0.25, -0.2) is 4.39 Å². The average Bonchev–Trinajstić information content (AvgIpc) is 2.75. The zero-order valence-corrected chi connectivity index (χ0v) is 18.7. The van der Waals surface area contributed by atoms with Crippen LogP contribution in [0.15, 0.2) is 97.1 Å². The third kappa shape index (κ3) is 3.59. The van der Waals surface area contributed by atoms with Gasteiger partial charge >= 0.3 is 0 Å². The van der Waals surface area contributed by atoms with Gasteiger partial charge in [0.05, 0.1) is 0 Å². The molecular weight excluding hydrogens is 385 g/mol. The standard InChI is InChI=1S/C28H27FP/c1-21-12-4-9-17-26(21)30(27-18-10-5-13-22(27)2,28-19-11-6-14-23(28)3)20-24-15-7-8-16-25(24)29/h4-19H,20H2,1-3H3/q+1/i29-1. The zero-order valence-electron chi connectivity index (χ0n) is 17.8. The fourth-order valence-corrected chi connectivity index (χ4v) is 9.61. The fourth-order valence-electron chi connectivity index (χ4n) is 4.50. The molecule has 4 rings (SSSR count). The minimum atomic E-state index is -2.15. The maximum atomic E-state index is 15.0. The number of halogens is 1.